The fourth-order valence-corrected chi connectivity index (χ4v) is 16.7. The third-order valence-corrected chi connectivity index (χ3v) is 24.2. The number of esters is 2. The molecule has 4 aliphatic heterocycles. The van der Waals surface area contributed by atoms with Crippen molar-refractivity contribution in [3.8, 4) is 0 Å². The number of unbranched alkanes of at least 4 members (excludes halogenated alkanes) is 13. The average molecular weight is 1950 g/mol. The second kappa shape index (κ2) is 72.1. The van der Waals surface area contributed by atoms with E-state index in [1.807, 2.05) is 0 Å². The second-order valence-corrected chi connectivity index (χ2v) is 35.6. The number of likely N-dealkylation sites (tertiary alicyclic amines) is 1. The molecule has 8 amide bonds. The minimum absolute atomic E-state index is 0.00213. The van der Waals surface area contributed by atoms with Crippen molar-refractivity contribution < 1.29 is 170 Å². The monoisotopic (exact) mass is 1950 g/mol. The lowest BCUT2D eigenvalue weighted by Crippen LogP contribution is -2.64. The fraction of sp³-hybridized carbons (Fsp3) is 0.860. The van der Waals surface area contributed by atoms with Crippen molar-refractivity contribution in [1.82, 2.24) is 42.1 Å². The minimum atomic E-state index is -1.46. The number of Topliss-reactive ketones (excluding diaryl/α,β-unsaturated/α-hetero) is 3. The quantitative estimate of drug-likeness (QED) is 0.0233. The third-order valence-electron chi connectivity index (χ3n) is 24.2. The zero-order valence-corrected chi connectivity index (χ0v) is 80.7. The molecule has 16 N–H and O–H groups in total. The molecule has 4 fully saturated rings. The fourth-order valence-electron chi connectivity index (χ4n) is 16.7. The van der Waals surface area contributed by atoms with Crippen LogP contribution in [-0.4, -0.2) is 371 Å². The summed E-state index contributed by atoms with van der Waals surface area (Å²) >= 11 is 0. The highest BCUT2D eigenvalue weighted by Gasteiger charge is 2.49. The Morgan fingerprint density at radius 1 is 0.368 bits per heavy atom. The van der Waals surface area contributed by atoms with Gasteiger partial charge in [0.25, 0.3) is 0 Å². The maximum atomic E-state index is 14.3. The Bertz CT molecular complexity index is 3180. The van der Waals surface area contributed by atoms with Crippen LogP contribution in [0, 0.1) is 5.41 Å². The van der Waals surface area contributed by atoms with Gasteiger partial charge in [0.2, 0.25) is 41.4 Å². The average Bonchev–Trinajstić information content (AvgIpc) is 1.50. The summed E-state index contributed by atoms with van der Waals surface area (Å²) in [4.78, 5) is 168. The van der Waals surface area contributed by atoms with Crippen molar-refractivity contribution in [1.29, 1.82) is 0 Å². The van der Waals surface area contributed by atoms with Crippen molar-refractivity contribution in [2.75, 3.05) is 139 Å². The van der Waals surface area contributed by atoms with E-state index in [4.69, 9.17) is 61.6 Å². The molecule has 0 aromatic rings. The standard InChI is InChI=1S/C93H162N8O35/c1-63(105)98-80-86(120)83(117)71(58-102)134-89(80)130-46-23-31-67(108)29-15-9-6-14-22-44-97-92(123)133-51-28-41-93(56-68(109)37-38-76(113)96-45-52-126-53-54-127-62-69(110)30-18-19-34-77(114)101-57-70(125-5)55-66(101)61-124-4,39-26-49-128-78(115)35-16-10-7-12-20-42-94-74(111)32-24-47-131-90-81(99-64(2)106)87(121)84(118)72(59-103)135-90)40-27-50-129-79(116)36-17-11-8-13-21-43-95-75(112)33-25-48-132-91-82(100-65(3)107)88(122)85(119)73(60-104)136-91/h66,70-73,80-91,102-104,117-122H,6-62H2,1-5H3,(H,94,111)(H,95,112)(H,96,113)(H,97,123)(H,98,105)(H,99,106)(H,100,107)/t66-,70+,71?,72?,73?,80?,81?,82?,83?,84?,85?,86?,87?,88?,89?,90?,91?,93?/m1/s1. The number of alkyl carbamates (subject to hydrolysis) is 1. The van der Waals surface area contributed by atoms with E-state index in [0.29, 0.717) is 161 Å². The molecule has 4 rings (SSSR count). The van der Waals surface area contributed by atoms with Crippen molar-refractivity contribution in [2.45, 2.75) is 369 Å². The third kappa shape index (κ3) is 51.3. The Labute approximate surface area is 799 Å². The van der Waals surface area contributed by atoms with E-state index in [9.17, 15) is 108 Å². The lowest BCUT2D eigenvalue weighted by atomic mass is 9.71. The number of methoxy groups -OCH3 is 2. The van der Waals surface area contributed by atoms with Crippen LogP contribution in [0.15, 0.2) is 0 Å². The topological polar surface area (TPSA) is 611 Å². The van der Waals surface area contributed by atoms with Gasteiger partial charge >= 0.3 is 18.0 Å². The predicted molar refractivity (Wildman–Crippen MR) is 487 cm³/mol. The summed E-state index contributed by atoms with van der Waals surface area (Å²) in [6.45, 7) is 4.55. The van der Waals surface area contributed by atoms with E-state index in [-0.39, 0.29) is 190 Å². The van der Waals surface area contributed by atoms with E-state index < -0.39 is 159 Å². The number of hydrogen-bond acceptors (Lipinski definition) is 35. The smallest absolute Gasteiger partial charge is 0.407 e. The molecule has 0 bridgehead atoms. The summed E-state index contributed by atoms with van der Waals surface area (Å²) in [5.41, 5.74) is -0.809. The first-order valence-electron chi connectivity index (χ1n) is 49.0. The molecule has 4 aliphatic rings. The molecule has 43 nitrogen and oxygen atoms in total. The molecular weight excluding hydrogens is 1790 g/mol. The second-order valence-electron chi connectivity index (χ2n) is 35.6. The molecule has 4 saturated heterocycles. The Morgan fingerprint density at radius 3 is 1.20 bits per heavy atom. The van der Waals surface area contributed by atoms with Gasteiger partial charge in [-0.25, -0.2) is 4.79 Å². The molecule has 784 valence electrons. The predicted octanol–water partition coefficient (Wildman–Crippen LogP) is 1.45. The number of amides is 8. The van der Waals surface area contributed by atoms with Gasteiger partial charge in [0, 0.05) is 138 Å². The number of carbonyl (C=O) groups is 13. The number of aliphatic hydroxyl groups excluding tert-OH is 9. The number of hydrogen-bond donors (Lipinski definition) is 16. The molecule has 0 spiro atoms. The molecule has 0 aromatic carbocycles. The molecule has 0 aliphatic carbocycles. The summed E-state index contributed by atoms with van der Waals surface area (Å²) in [5, 5.41) is 110. The summed E-state index contributed by atoms with van der Waals surface area (Å²) in [6.07, 6.45) is 0.388. The molecule has 0 radical (unpaired) electrons. The first kappa shape index (κ1) is 121. The van der Waals surface area contributed by atoms with Gasteiger partial charge in [-0.2, -0.15) is 0 Å². The number of ketones is 3. The van der Waals surface area contributed by atoms with Crippen molar-refractivity contribution in [3.63, 3.8) is 0 Å². The Morgan fingerprint density at radius 2 is 0.750 bits per heavy atom. The molecule has 0 aromatic heterocycles. The van der Waals surface area contributed by atoms with Crippen molar-refractivity contribution in [2.24, 2.45) is 5.41 Å². The highest BCUT2D eigenvalue weighted by molar-refractivity contribution is 5.85. The largest absolute Gasteiger partial charge is 0.466 e. The maximum Gasteiger partial charge on any atom is 0.407 e. The summed E-state index contributed by atoms with van der Waals surface area (Å²) in [5.74, 6) is -3.42. The van der Waals surface area contributed by atoms with E-state index in [2.05, 4.69) is 37.2 Å². The maximum absolute atomic E-state index is 14.3. The molecule has 0 saturated carbocycles. The molecule has 17 atom stereocenters. The van der Waals surface area contributed by atoms with Crippen molar-refractivity contribution in [3.05, 3.63) is 0 Å². The summed E-state index contributed by atoms with van der Waals surface area (Å²) < 4.78 is 72.9. The van der Waals surface area contributed by atoms with Gasteiger partial charge in [-0.15, -0.1) is 0 Å². The lowest BCUT2D eigenvalue weighted by Gasteiger charge is -2.42. The summed E-state index contributed by atoms with van der Waals surface area (Å²) in [6, 6.07) is -3.34. The molecule has 4 heterocycles. The van der Waals surface area contributed by atoms with Crippen LogP contribution in [-0.2, 0) is 119 Å². The van der Waals surface area contributed by atoms with Gasteiger partial charge in [0.1, 0.15) is 91.2 Å². The van der Waals surface area contributed by atoms with Crippen LogP contribution in [0.25, 0.3) is 0 Å². The Kier molecular flexibility index (Phi) is 64.2. The minimum Gasteiger partial charge on any atom is -0.466 e. The Balaban J connectivity index is 1.29. The van der Waals surface area contributed by atoms with Gasteiger partial charge < -0.3 is 150 Å². The van der Waals surface area contributed by atoms with Gasteiger partial charge in [0.05, 0.1) is 98.0 Å². The number of carbonyl (C=O) groups excluding carboxylic acids is 13. The van der Waals surface area contributed by atoms with E-state index >= 15 is 0 Å². The van der Waals surface area contributed by atoms with E-state index in [1.165, 1.54) is 20.8 Å². The molecule has 15 unspecified atom stereocenters. The summed E-state index contributed by atoms with van der Waals surface area (Å²) in [7, 11) is 3.22. The van der Waals surface area contributed by atoms with Crippen LogP contribution in [0.1, 0.15) is 265 Å². The van der Waals surface area contributed by atoms with Crippen molar-refractivity contribution >= 4 is 76.7 Å². The number of nitrogens with zero attached hydrogens (tertiary/aromatic N) is 1. The highest BCUT2D eigenvalue weighted by atomic mass is 16.7. The van der Waals surface area contributed by atoms with Crippen LogP contribution < -0.4 is 37.2 Å². The first-order chi connectivity index (χ1) is 65.4. The normalized spacial score (nSPS) is 23.6. The number of aliphatic hydroxyl groups is 9. The van der Waals surface area contributed by atoms with Crippen LogP contribution in [0.3, 0.4) is 0 Å². The van der Waals surface area contributed by atoms with Crippen LogP contribution in [0.2, 0.25) is 0 Å². The first-order valence-corrected chi connectivity index (χ1v) is 49.0. The number of nitrogens with one attached hydrogen (secondary N) is 7. The van der Waals surface area contributed by atoms with E-state index in [0.717, 1.165) is 44.9 Å². The molecular formula is C93H162N8O35. The van der Waals surface area contributed by atoms with Gasteiger partial charge in [-0.05, 0) is 121 Å². The lowest BCUT2D eigenvalue weighted by molar-refractivity contribution is -0.270. The Hall–Kier alpha value is -7.25. The van der Waals surface area contributed by atoms with Crippen LogP contribution in [0.5, 0.6) is 0 Å². The van der Waals surface area contributed by atoms with Gasteiger partial charge in [-0.3, -0.25) is 57.5 Å². The number of rotatable bonds is 78. The molecule has 43 heteroatoms. The van der Waals surface area contributed by atoms with Gasteiger partial charge in [-0.1, -0.05) is 57.8 Å². The SMILES string of the molecule is COC[C@H]1C[C@H](OC)CN1C(=O)CCCCC(=O)COCCOCCNC(=O)CCC(=O)CC(CCCOC(=O)CCCCCCCNC(=O)CCCOC1OC(CO)C(O)C(O)C1NC(C)=O)(CCCOC(=O)CCCCCCCNC(=O)CCCOC1OC(CO)C(O)C(O)C1NC(C)=O)CCCOC(=O)NCCCCCCCC(=O)CCCOC1OC(CO)C(O)C(O)C1NC(C)=O. The highest BCUT2D eigenvalue weighted by Crippen LogP contribution is 2.40. The zero-order valence-electron chi connectivity index (χ0n) is 80.7. The number of ether oxygens (including phenoxy) is 13. The zero-order chi connectivity index (χ0) is 99.8. The van der Waals surface area contributed by atoms with E-state index in [1.54, 1.807) is 19.1 Å². The van der Waals surface area contributed by atoms with Crippen LogP contribution >= 0.6 is 0 Å². The molecule has 136 heavy (non-hydrogen) atoms. The van der Waals surface area contributed by atoms with Crippen LogP contribution in [0.4, 0.5) is 4.79 Å². The van der Waals surface area contributed by atoms with Gasteiger partial charge in [0.15, 0.2) is 24.7 Å².